The van der Waals surface area contributed by atoms with Gasteiger partial charge in [0.2, 0.25) is 0 Å². The maximum atomic E-state index is 12.7. The summed E-state index contributed by atoms with van der Waals surface area (Å²) in [5.41, 5.74) is 2.30. The van der Waals surface area contributed by atoms with Gasteiger partial charge in [-0.3, -0.25) is 4.79 Å². The Morgan fingerprint density at radius 1 is 0.923 bits per heavy atom. The predicted octanol–water partition coefficient (Wildman–Crippen LogP) is 4.18. The molecule has 138 valence electrons. The quantitative estimate of drug-likeness (QED) is 0.525. The highest BCUT2D eigenvalue weighted by Gasteiger charge is 2.15. The molecule has 0 aliphatic carbocycles. The summed E-state index contributed by atoms with van der Waals surface area (Å²) in [5, 5.41) is 0. The molecule has 0 heterocycles. The Labute approximate surface area is 154 Å². The van der Waals surface area contributed by atoms with Crippen LogP contribution in [0.2, 0.25) is 0 Å². The van der Waals surface area contributed by atoms with Gasteiger partial charge in [0, 0.05) is 5.56 Å². The number of ether oxygens (including phenoxy) is 4. The molecule has 0 fully saturated rings. The Balaban J connectivity index is 2.43. The highest BCUT2D eigenvalue weighted by molar-refractivity contribution is 6.09. The summed E-state index contributed by atoms with van der Waals surface area (Å²) in [6.07, 6.45) is 4.06. The van der Waals surface area contributed by atoms with Gasteiger partial charge >= 0.3 is 0 Å². The van der Waals surface area contributed by atoms with Crippen LogP contribution in [0, 0.1) is 0 Å². The Bertz CT molecular complexity index is 808. The minimum atomic E-state index is -0.191. The third-order valence-electron chi connectivity index (χ3n) is 4.06. The van der Waals surface area contributed by atoms with E-state index >= 15 is 0 Å². The molecule has 5 nitrogen and oxygen atoms in total. The van der Waals surface area contributed by atoms with Gasteiger partial charge in [0.25, 0.3) is 0 Å². The molecule has 0 N–H and O–H groups in total. The van der Waals surface area contributed by atoms with E-state index in [1.807, 2.05) is 12.1 Å². The first-order valence-electron chi connectivity index (χ1n) is 8.27. The van der Waals surface area contributed by atoms with Crippen LogP contribution < -0.4 is 18.9 Å². The summed E-state index contributed by atoms with van der Waals surface area (Å²) in [5.74, 6) is 1.96. The molecule has 0 saturated carbocycles. The zero-order valence-corrected chi connectivity index (χ0v) is 15.8. The normalized spacial score (nSPS) is 10.7. The van der Waals surface area contributed by atoms with E-state index in [0.29, 0.717) is 28.6 Å². The summed E-state index contributed by atoms with van der Waals surface area (Å²) in [7, 11) is 6.22. The summed E-state index contributed by atoms with van der Waals surface area (Å²) < 4.78 is 21.4. The smallest absolute Gasteiger partial charge is 0.189 e. The number of hydrogen-bond donors (Lipinski definition) is 0. The van der Waals surface area contributed by atoms with Crippen LogP contribution in [0.25, 0.3) is 6.08 Å². The van der Waals surface area contributed by atoms with Crippen molar-refractivity contribution in [2.45, 2.75) is 13.3 Å². The number of benzene rings is 2. The van der Waals surface area contributed by atoms with E-state index < -0.39 is 0 Å². The number of methoxy groups -OCH3 is 4. The second-order valence-corrected chi connectivity index (χ2v) is 5.51. The van der Waals surface area contributed by atoms with Gasteiger partial charge in [-0.2, -0.15) is 0 Å². The number of ketones is 1. The third-order valence-corrected chi connectivity index (χ3v) is 4.06. The zero-order valence-electron chi connectivity index (χ0n) is 15.8. The summed E-state index contributed by atoms with van der Waals surface area (Å²) in [6, 6.07) is 9.12. The lowest BCUT2D eigenvalue weighted by Crippen LogP contribution is -2.01. The largest absolute Gasteiger partial charge is 0.493 e. The topological polar surface area (TPSA) is 54.0 Å². The van der Waals surface area contributed by atoms with E-state index in [2.05, 4.69) is 6.92 Å². The van der Waals surface area contributed by atoms with Gasteiger partial charge in [-0.05, 0) is 48.4 Å². The molecule has 0 atom stereocenters. The lowest BCUT2D eigenvalue weighted by Gasteiger charge is -2.13. The Morgan fingerprint density at radius 2 is 1.62 bits per heavy atom. The third kappa shape index (κ3) is 3.99. The van der Waals surface area contributed by atoms with Crippen LogP contribution >= 0.6 is 0 Å². The average Bonchev–Trinajstić information content (AvgIpc) is 2.70. The van der Waals surface area contributed by atoms with Crippen LogP contribution in [0.3, 0.4) is 0 Å². The van der Waals surface area contributed by atoms with Gasteiger partial charge in [0.1, 0.15) is 0 Å². The molecule has 0 spiro atoms. The maximum Gasteiger partial charge on any atom is 0.189 e. The van der Waals surface area contributed by atoms with E-state index in [9.17, 15) is 4.79 Å². The van der Waals surface area contributed by atoms with Crippen molar-refractivity contribution in [2.75, 3.05) is 28.4 Å². The standard InChI is InChI=1S/C21H24O5/c1-6-14-12-15(20(25-4)19(13-14)24-3)10-11-17(22)16-8-7-9-18(23-2)21(16)26-5/h7-13H,6H2,1-5H3/b11-10+. The molecule has 0 aromatic heterocycles. The number of allylic oxidation sites excluding steroid dienone is 1. The average molecular weight is 356 g/mol. The van der Waals surface area contributed by atoms with Crippen molar-refractivity contribution in [1.82, 2.24) is 0 Å². The van der Waals surface area contributed by atoms with Crippen LogP contribution in [0.1, 0.15) is 28.4 Å². The molecule has 0 saturated heterocycles. The first kappa shape index (κ1) is 19.4. The molecule has 2 aromatic carbocycles. The molecule has 0 bridgehead atoms. The van der Waals surface area contributed by atoms with Crippen LogP contribution in [0.5, 0.6) is 23.0 Å². The van der Waals surface area contributed by atoms with Gasteiger partial charge in [0.15, 0.2) is 28.8 Å². The minimum absolute atomic E-state index is 0.191. The van der Waals surface area contributed by atoms with Gasteiger partial charge < -0.3 is 18.9 Å². The second-order valence-electron chi connectivity index (χ2n) is 5.51. The van der Waals surface area contributed by atoms with Crippen molar-refractivity contribution >= 4 is 11.9 Å². The maximum absolute atomic E-state index is 12.7. The van der Waals surface area contributed by atoms with Crippen molar-refractivity contribution in [3.8, 4) is 23.0 Å². The van der Waals surface area contributed by atoms with Crippen molar-refractivity contribution in [1.29, 1.82) is 0 Å². The lowest BCUT2D eigenvalue weighted by atomic mass is 10.0. The van der Waals surface area contributed by atoms with Crippen LogP contribution in [0.4, 0.5) is 0 Å². The first-order chi connectivity index (χ1) is 12.6. The first-order valence-corrected chi connectivity index (χ1v) is 8.27. The number of aryl methyl sites for hydroxylation is 1. The number of hydrogen-bond acceptors (Lipinski definition) is 5. The van der Waals surface area contributed by atoms with Crippen molar-refractivity contribution in [3.63, 3.8) is 0 Å². The number of para-hydroxylation sites is 1. The van der Waals surface area contributed by atoms with Gasteiger partial charge in [-0.15, -0.1) is 0 Å². The van der Waals surface area contributed by atoms with Gasteiger partial charge in [0.05, 0.1) is 34.0 Å². The summed E-state index contributed by atoms with van der Waals surface area (Å²) in [6.45, 7) is 2.06. The lowest BCUT2D eigenvalue weighted by molar-refractivity contribution is 0.104. The number of carbonyl (C=O) groups excluding carboxylic acids is 1. The minimum Gasteiger partial charge on any atom is -0.493 e. The second kappa shape index (κ2) is 8.94. The van der Waals surface area contributed by atoms with E-state index in [1.54, 1.807) is 38.5 Å². The molecule has 0 aliphatic rings. The Kier molecular flexibility index (Phi) is 6.67. The highest BCUT2D eigenvalue weighted by Crippen LogP contribution is 2.34. The van der Waals surface area contributed by atoms with E-state index in [-0.39, 0.29) is 5.78 Å². The summed E-state index contributed by atoms with van der Waals surface area (Å²) in [4.78, 5) is 12.7. The van der Waals surface area contributed by atoms with Crippen molar-refractivity contribution < 1.29 is 23.7 Å². The monoisotopic (exact) mass is 356 g/mol. The molecular formula is C21H24O5. The molecule has 0 unspecified atom stereocenters. The predicted molar refractivity (Wildman–Crippen MR) is 102 cm³/mol. The fourth-order valence-corrected chi connectivity index (χ4v) is 2.72. The number of carbonyl (C=O) groups is 1. The molecular weight excluding hydrogens is 332 g/mol. The molecule has 0 radical (unpaired) electrons. The van der Waals surface area contributed by atoms with Crippen molar-refractivity contribution in [2.24, 2.45) is 0 Å². The zero-order chi connectivity index (χ0) is 19.1. The SMILES string of the molecule is CCc1cc(/C=C/C(=O)c2cccc(OC)c2OC)c(OC)c(OC)c1. The fraction of sp³-hybridized carbons (Fsp3) is 0.286. The Morgan fingerprint density at radius 3 is 2.19 bits per heavy atom. The summed E-state index contributed by atoms with van der Waals surface area (Å²) >= 11 is 0. The van der Waals surface area contributed by atoms with Crippen LogP contribution in [-0.2, 0) is 6.42 Å². The highest BCUT2D eigenvalue weighted by atomic mass is 16.5. The van der Waals surface area contributed by atoms with E-state index in [1.165, 1.54) is 20.3 Å². The molecule has 26 heavy (non-hydrogen) atoms. The van der Waals surface area contributed by atoms with E-state index in [4.69, 9.17) is 18.9 Å². The molecule has 2 rings (SSSR count). The van der Waals surface area contributed by atoms with E-state index in [0.717, 1.165) is 17.5 Å². The van der Waals surface area contributed by atoms with Gasteiger partial charge in [-0.25, -0.2) is 0 Å². The molecule has 0 aliphatic heterocycles. The Hall–Kier alpha value is -2.95. The van der Waals surface area contributed by atoms with Crippen LogP contribution in [0.15, 0.2) is 36.4 Å². The van der Waals surface area contributed by atoms with Gasteiger partial charge in [-0.1, -0.05) is 13.0 Å². The molecule has 0 amide bonds. The van der Waals surface area contributed by atoms with Crippen molar-refractivity contribution in [3.05, 3.63) is 53.1 Å². The molecule has 5 heteroatoms. The molecule has 2 aromatic rings. The van der Waals surface area contributed by atoms with Crippen LogP contribution in [-0.4, -0.2) is 34.2 Å². The number of rotatable bonds is 8. The fourth-order valence-electron chi connectivity index (χ4n) is 2.72.